The van der Waals surface area contributed by atoms with Gasteiger partial charge >= 0.3 is 10.1 Å². The standard InChI is InChI=1S/C21H27N5O4S2/c1-15-13-19(24-29-15)20-22-23-21(25(20)2)31-12-4-9-26-10-7-16-5-6-18(30-32(3,27)28)14-17(16)8-11-26/h5-6,13-14H,4,7-12H2,1-3H3. The number of aromatic nitrogens is 4. The van der Waals surface area contributed by atoms with Crippen LogP contribution in [0.25, 0.3) is 11.5 Å². The number of aryl methyl sites for hydroxylation is 1. The van der Waals surface area contributed by atoms with E-state index in [1.54, 1.807) is 17.8 Å². The number of fused-ring (bicyclic) bond motifs is 1. The van der Waals surface area contributed by atoms with Crippen molar-refractivity contribution in [1.82, 2.24) is 24.8 Å². The van der Waals surface area contributed by atoms with Crippen molar-refractivity contribution in [3.8, 4) is 17.3 Å². The highest BCUT2D eigenvalue weighted by molar-refractivity contribution is 7.99. The van der Waals surface area contributed by atoms with Gasteiger partial charge in [-0.05, 0) is 56.0 Å². The average molecular weight is 478 g/mol. The van der Waals surface area contributed by atoms with Gasteiger partial charge < -0.3 is 18.2 Å². The highest BCUT2D eigenvalue weighted by Crippen LogP contribution is 2.24. The van der Waals surface area contributed by atoms with Crippen LogP contribution in [0.2, 0.25) is 0 Å². The summed E-state index contributed by atoms with van der Waals surface area (Å²) in [6.45, 7) is 4.79. The van der Waals surface area contributed by atoms with Crippen LogP contribution in [0.3, 0.4) is 0 Å². The smallest absolute Gasteiger partial charge is 0.306 e. The van der Waals surface area contributed by atoms with Crippen molar-refractivity contribution in [2.24, 2.45) is 7.05 Å². The zero-order chi connectivity index (χ0) is 22.7. The first-order valence-corrected chi connectivity index (χ1v) is 13.3. The predicted molar refractivity (Wildman–Crippen MR) is 122 cm³/mol. The largest absolute Gasteiger partial charge is 0.383 e. The number of benzene rings is 1. The molecule has 0 saturated heterocycles. The minimum atomic E-state index is -3.51. The summed E-state index contributed by atoms with van der Waals surface area (Å²) in [6.07, 6.45) is 3.93. The number of thioether (sulfide) groups is 1. The fourth-order valence-electron chi connectivity index (χ4n) is 3.79. The van der Waals surface area contributed by atoms with Crippen molar-refractivity contribution < 1.29 is 17.1 Å². The second-order valence-corrected chi connectivity index (χ2v) is 10.6. The first kappa shape index (κ1) is 22.8. The van der Waals surface area contributed by atoms with Crippen LogP contribution in [-0.4, -0.2) is 64.9 Å². The number of hydrogen-bond acceptors (Lipinski definition) is 9. The predicted octanol–water partition coefficient (Wildman–Crippen LogP) is 2.70. The summed E-state index contributed by atoms with van der Waals surface area (Å²) < 4.78 is 34.9. The molecular weight excluding hydrogens is 450 g/mol. The third-order valence-corrected chi connectivity index (χ3v) is 6.96. The maximum Gasteiger partial charge on any atom is 0.306 e. The molecule has 32 heavy (non-hydrogen) atoms. The van der Waals surface area contributed by atoms with E-state index < -0.39 is 10.1 Å². The van der Waals surface area contributed by atoms with Crippen molar-refractivity contribution >= 4 is 21.9 Å². The third kappa shape index (κ3) is 5.70. The molecule has 2 aromatic heterocycles. The van der Waals surface area contributed by atoms with Gasteiger partial charge in [-0.2, -0.15) is 8.42 Å². The topological polar surface area (TPSA) is 103 Å². The molecule has 0 unspecified atom stereocenters. The van der Waals surface area contributed by atoms with E-state index in [1.807, 2.05) is 36.7 Å². The summed E-state index contributed by atoms with van der Waals surface area (Å²) in [6, 6.07) is 7.43. The highest BCUT2D eigenvalue weighted by Gasteiger charge is 2.17. The minimum Gasteiger partial charge on any atom is -0.383 e. The minimum absolute atomic E-state index is 0.389. The quantitative estimate of drug-likeness (QED) is 0.275. The summed E-state index contributed by atoms with van der Waals surface area (Å²) >= 11 is 1.69. The summed E-state index contributed by atoms with van der Waals surface area (Å²) in [4.78, 5) is 2.46. The van der Waals surface area contributed by atoms with Gasteiger partial charge in [-0.15, -0.1) is 10.2 Å². The molecule has 1 aliphatic heterocycles. The Morgan fingerprint density at radius 2 is 1.94 bits per heavy atom. The van der Waals surface area contributed by atoms with Crippen LogP contribution < -0.4 is 4.18 Å². The molecule has 9 nitrogen and oxygen atoms in total. The zero-order valence-electron chi connectivity index (χ0n) is 18.4. The zero-order valence-corrected chi connectivity index (χ0v) is 20.1. The van der Waals surface area contributed by atoms with Gasteiger partial charge in [-0.1, -0.05) is 23.0 Å². The molecule has 0 atom stereocenters. The molecule has 172 valence electrons. The van der Waals surface area contributed by atoms with Crippen molar-refractivity contribution in [3.05, 3.63) is 41.2 Å². The average Bonchev–Trinajstić information content (AvgIpc) is 3.25. The Morgan fingerprint density at radius 1 is 1.16 bits per heavy atom. The van der Waals surface area contributed by atoms with Crippen molar-refractivity contribution in [2.75, 3.05) is 31.6 Å². The van der Waals surface area contributed by atoms with Crippen LogP contribution in [-0.2, 0) is 30.0 Å². The Morgan fingerprint density at radius 3 is 2.66 bits per heavy atom. The lowest BCUT2D eigenvalue weighted by Crippen LogP contribution is -2.27. The van der Waals surface area contributed by atoms with Crippen LogP contribution in [0.1, 0.15) is 23.3 Å². The van der Waals surface area contributed by atoms with Crippen LogP contribution in [0, 0.1) is 6.92 Å². The molecule has 1 aromatic carbocycles. The van der Waals surface area contributed by atoms with Crippen LogP contribution >= 0.6 is 11.8 Å². The normalized spacial score (nSPS) is 14.8. The lowest BCUT2D eigenvalue weighted by atomic mass is 10.0. The maximum absolute atomic E-state index is 11.4. The molecular formula is C21H27N5O4S2. The first-order valence-electron chi connectivity index (χ1n) is 10.5. The number of nitrogens with zero attached hydrogens (tertiary/aromatic N) is 5. The lowest BCUT2D eigenvalue weighted by Gasteiger charge is -2.19. The maximum atomic E-state index is 11.4. The van der Waals surface area contributed by atoms with Gasteiger partial charge in [-0.3, -0.25) is 0 Å². The second-order valence-electron chi connectivity index (χ2n) is 7.95. The van der Waals surface area contributed by atoms with Crippen LogP contribution in [0.5, 0.6) is 5.75 Å². The van der Waals surface area contributed by atoms with Crippen LogP contribution in [0.15, 0.2) is 33.9 Å². The lowest BCUT2D eigenvalue weighted by molar-refractivity contribution is 0.289. The van der Waals surface area contributed by atoms with E-state index in [1.165, 1.54) is 5.56 Å². The Labute approximate surface area is 192 Å². The van der Waals surface area contributed by atoms with E-state index in [4.69, 9.17) is 8.71 Å². The van der Waals surface area contributed by atoms with E-state index in [9.17, 15) is 8.42 Å². The molecule has 3 aromatic rings. The van der Waals surface area contributed by atoms with Crippen molar-refractivity contribution in [3.63, 3.8) is 0 Å². The molecule has 11 heteroatoms. The van der Waals surface area contributed by atoms with Crippen molar-refractivity contribution in [1.29, 1.82) is 0 Å². The fraction of sp³-hybridized carbons (Fsp3) is 0.476. The van der Waals surface area contributed by atoms with Gasteiger partial charge in [0.1, 0.15) is 11.5 Å². The Hall–Kier alpha value is -2.37. The molecule has 0 bridgehead atoms. The monoisotopic (exact) mass is 477 g/mol. The second kappa shape index (κ2) is 9.63. The molecule has 0 fully saturated rings. The Kier molecular flexibility index (Phi) is 6.87. The van der Waals surface area contributed by atoms with E-state index in [0.29, 0.717) is 17.3 Å². The molecule has 0 radical (unpaired) electrons. The number of rotatable bonds is 8. The van der Waals surface area contributed by atoms with Gasteiger partial charge in [-0.25, -0.2) is 0 Å². The fourth-order valence-corrected chi connectivity index (χ4v) is 5.07. The van der Waals surface area contributed by atoms with Gasteiger partial charge in [0.15, 0.2) is 16.7 Å². The summed E-state index contributed by atoms with van der Waals surface area (Å²) in [7, 11) is -1.57. The first-order chi connectivity index (χ1) is 15.3. The summed E-state index contributed by atoms with van der Waals surface area (Å²) in [5.41, 5.74) is 3.12. The molecule has 1 aliphatic rings. The summed E-state index contributed by atoms with van der Waals surface area (Å²) in [5.74, 6) is 2.78. The Bertz CT molecular complexity index is 1190. The summed E-state index contributed by atoms with van der Waals surface area (Å²) in [5, 5.41) is 13.4. The van der Waals surface area contributed by atoms with E-state index in [2.05, 4.69) is 20.3 Å². The van der Waals surface area contributed by atoms with E-state index in [-0.39, 0.29) is 0 Å². The van der Waals surface area contributed by atoms with Gasteiger partial charge in [0.05, 0.1) is 6.26 Å². The van der Waals surface area contributed by atoms with Gasteiger partial charge in [0.2, 0.25) is 0 Å². The van der Waals surface area contributed by atoms with Crippen molar-refractivity contribution in [2.45, 2.75) is 31.3 Å². The van der Waals surface area contributed by atoms with E-state index >= 15 is 0 Å². The highest BCUT2D eigenvalue weighted by atomic mass is 32.2. The van der Waals surface area contributed by atoms with E-state index in [0.717, 1.165) is 67.4 Å². The molecule has 0 spiro atoms. The molecule has 3 heterocycles. The SMILES string of the molecule is Cc1cc(-c2nnc(SCCCN3CCc4ccc(OS(C)(=O)=O)cc4CC3)n2C)no1. The molecule has 4 rings (SSSR count). The molecule has 0 aliphatic carbocycles. The number of hydrogen-bond donors (Lipinski definition) is 0. The molecule has 0 saturated carbocycles. The Balaban J connectivity index is 1.26. The third-order valence-electron chi connectivity index (χ3n) is 5.36. The van der Waals surface area contributed by atoms with Gasteiger partial charge in [0, 0.05) is 32.0 Å². The molecule has 0 N–H and O–H groups in total. The van der Waals surface area contributed by atoms with Gasteiger partial charge in [0.25, 0.3) is 0 Å². The van der Waals surface area contributed by atoms with Crippen LogP contribution in [0.4, 0.5) is 0 Å². The molecule has 0 amide bonds.